The van der Waals surface area contributed by atoms with E-state index in [1.54, 1.807) is 0 Å². The quantitative estimate of drug-likeness (QED) is 0.373. The first-order valence-electron chi connectivity index (χ1n) is 10.7. The molecule has 7 heteroatoms. The van der Waals surface area contributed by atoms with E-state index in [-0.39, 0.29) is 29.9 Å². The molecule has 0 aromatic heterocycles. The molecule has 0 atom stereocenters. The van der Waals surface area contributed by atoms with Crippen LogP contribution >= 0.6 is 24.0 Å². The van der Waals surface area contributed by atoms with Gasteiger partial charge in [0.05, 0.1) is 19.8 Å². The summed E-state index contributed by atoms with van der Waals surface area (Å²) in [5.41, 5.74) is 2.65. The second kappa shape index (κ2) is 12.4. The van der Waals surface area contributed by atoms with Crippen LogP contribution in [0.4, 0.5) is 0 Å². The summed E-state index contributed by atoms with van der Waals surface area (Å²) in [4.78, 5) is 21.9. The number of hydrogen-bond acceptors (Lipinski definition) is 3. The van der Waals surface area contributed by atoms with Gasteiger partial charge in [-0.15, -0.1) is 24.0 Å². The molecule has 0 unspecified atom stereocenters. The monoisotopic (exact) mass is 514 g/mol. The Balaban J connectivity index is 0.00000300. The number of piperidine rings is 1. The Hall–Kier alpha value is -1.35. The van der Waals surface area contributed by atoms with Gasteiger partial charge in [-0.2, -0.15) is 0 Å². The molecule has 1 N–H and O–H groups in total. The van der Waals surface area contributed by atoms with Crippen molar-refractivity contribution in [2.75, 3.05) is 45.9 Å². The molecule has 1 aromatic carbocycles. The van der Waals surface area contributed by atoms with Gasteiger partial charge in [-0.3, -0.25) is 4.79 Å². The number of aliphatic imine (C=N–C) groups is 1. The summed E-state index contributed by atoms with van der Waals surface area (Å²) in [6.07, 6.45) is 2.82. The van der Waals surface area contributed by atoms with Crippen LogP contribution in [0.5, 0.6) is 0 Å². The number of likely N-dealkylation sites (tertiary alicyclic amines) is 1. The highest BCUT2D eigenvalue weighted by atomic mass is 127. The van der Waals surface area contributed by atoms with Gasteiger partial charge >= 0.3 is 0 Å². The summed E-state index contributed by atoms with van der Waals surface area (Å²) in [5.74, 6) is 1.41. The van der Waals surface area contributed by atoms with Crippen LogP contribution in [0.3, 0.4) is 0 Å². The topological polar surface area (TPSA) is 57.2 Å². The van der Waals surface area contributed by atoms with Crippen molar-refractivity contribution in [3.63, 3.8) is 0 Å². The van der Waals surface area contributed by atoms with Crippen LogP contribution in [0.2, 0.25) is 0 Å². The van der Waals surface area contributed by atoms with Crippen molar-refractivity contribution in [1.82, 2.24) is 15.1 Å². The zero-order chi connectivity index (χ0) is 19.8. The van der Waals surface area contributed by atoms with E-state index in [2.05, 4.69) is 48.3 Å². The van der Waals surface area contributed by atoms with Gasteiger partial charge in [0.2, 0.25) is 5.91 Å². The van der Waals surface area contributed by atoms with E-state index in [9.17, 15) is 4.79 Å². The predicted octanol–water partition coefficient (Wildman–Crippen LogP) is 2.90. The standard InChI is InChI=1S/C22H34N4O2.HI/c1-3-18-7-5-6-8-20(18)17-24-22(23-4-2)26-11-9-19(10-12-26)21(27)25-13-15-28-16-14-25;/h5-8,19H,3-4,9-17H2,1-2H3,(H,23,24);1H. The highest BCUT2D eigenvalue weighted by Crippen LogP contribution is 2.21. The molecule has 2 aliphatic heterocycles. The number of carbonyl (C=O) groups is 1. The number of rotatable bonds is 5. The van der Waals surface area contributed by atoms with E-state index in [0.29, 0.717) is 25.7 Å². The van der Waals surface area contributed by atoms with E-state index >= 15 is 0 Å². The summed E-state index contributed by atoms with van der Waals surface area (Å²) in [5, 5.41) is 3.43. The first kappa shape index (κ1) is 23.9. The zero-order valence-electron chi connectivity index (χ0n) is 17.7. The SMILES string of the molecule is CCNC(=NCc1ccccc1CC)N1CCC(C(=O)N2CCOCC2)CC1.I. The highest BCUT2D eigenvalue weighted by Gasteiger charge is 2.30. The van der Waals surface area contributed by atoms with Crippen LogP contribution in [0.15, 0.2) is 29.3 Å². The lowest BCUT2D eigenvalue weighted by Crippen LogP contribution is -2.50. The third-order valence-electron chi connectivity index (χ3n) is 5.70. The maximum Gasteiger partial charge on any atom is 0.225 e. The fourth-order valence-electron chi connectivity index (χ4n) is 4.02. The number of hydrogen-bond donors (Lipinski definition) is 1. The molecule has 0 bridgehead atoms. The Labute approximate surface area is 192 Å². The smallest absolute Gasteiger partial charge is 0.225 e. The van der Waals surface area contributed by atoms with Gasteiger partial charge < -0.3 is 19.9 Å². The van der Waals surface area contributed by atoms with Crippen molar-refractivity contribution in [2.24, 2.45) is 10.9 Å². The zero-order valence-corrected chi connectivity index (χ0v) is 20.1. The summed E-state index contributed by atoms with van der Waals surface area (Å²) >= 11 is 0. The van der Waals surface area contributed by atoms with Crippen molar-refractivity contribution in [3.05, 3.63) is 35.4 Å². The van der Waals surface area contributed by atoms with E-state index in [0.717, 1.165) is 57.9 Å². The number of nitrogens with zero attached hydrogens (tertiary/aromatic N) is 3. The lowest BCUT2D eigenvalue weighted by Gasteiger charge is -2.36. The summed E-state index contributed by atoms with van der Waals surface area (Å²) in [6, 6.07) is 8.52. The minimum Gasteiger partial charge on any atom is -0.378 e. The minimum absolute atomic E-state index is 0. The molecular weight excluding hydrogens is 479 g/mol. The van der Waals surface area contributed by atoms with Crippen LogP contribution in [-0.2, 0) is 22.5 Å². The van der Waals surface area contributed by atoms with Crippen molar-refractivity contribution >= 4 is 35.8 Å². The number of benzene rings is 1. The first-order valence-corrected chi connectivity index (χ1v) is 10.7. The maximum atomic E-state index is 12.7. The maximum absolute atomic E-state index is 12.7. The molecule has 6 nitrogen and oxygen atoms in total. The third kappa shape index (κ3) is 6.57. The van der Waals surface area contributed by atoms with Crippen LogP contribution in [-0.4, -0.2) is 67.6 Å². The molecule has 0 saturated carbocycles. The molecule has 3 rings (SSSR count). The molecule has 162 valence electrons. The lowest BCUT2D eigenvalue weighted by atomic mass is 9.95. The van der Waals surface area contributed by atoms with Crippen LogP contribution in [0.25, 0.3) is 0 Å². The van der Waals surface area contributed by atoms with Crippen molar-refractivity contribution in [1.29, 1.82) is 0 Å². The Kier molecular flexibility index (Phi) is 10.2. The number of halogens is 1. The summed E-state index contributed by atoms with van der Waals surface area (Å²) < 4.78 is 5.37. The third-order valence-corrected chi connectivity index (χ3v) is 5.70. The molecule has 0 radical (unpaired) electrons. The molecule has 29 heavy (non-hydrogen) atoms. The van der Waals surface area contributed by atoms with E-state index in [1.807, 2.05) is 4.90 Å². The van der Waals surface area contributed by atoms with Crippen LogP contribution in [0, 0.1) is 5.92 Å². The number of nitrogens with one attached hydrogen (secondary N) is 1. The average Bonchev–Trinajstić information content (AvgIpc) is 2.77. The Morgan fingerprint density at radius 1 is 1.07 bits per heavy atom. The second-order valence-electron chi connectivity index (χ2n) is 7.49. The van der Waals surface area contributed by atoms with Gasteiger partial charge in [0.1, 0.15) is 0 Å². The van der Waals surface area contributed by atoms with E-state index < -0.39 is 0 Å². The van der Waals surface area contributed by atoms with E-state index in [4.69, 9.17) is 9.73 Å². The lowest BCUT2D eigenvalue weighted by molar-refractivity contribution is -0.140. The number of morpholine rings is 1. The molecule has 1 aromatic rings. The number of carbonyl (C=O) groups excluding carboxylic acids is 1. The van der Waals surface area contributed by atoms with Crippen molar-refractivity contribution in [2.45, 2.75) is 39.7 Å². The molecular formula is C22H35IN4O2. The van der Waals surface area contributed by atoms with Gasteiger partial charge in [-0.25, -0.2) is 4.99 Å². The second-order valence-corrected chi connectivity index (χ2v) is 7.49. The van der Waals surface area contributed by atoms with Gasteiger partial charge in [0.25, 0.3) is 0 Å². The van der Waals surface area contributed by atoms with Gasteiger partial charge in [0.15, 0.2) is 5.96 Å². The molecule has 2 fully saturated rings. The van der Waals surface area contributed by atoms with Gasteiger partial charge in [-0.05, 0) is 37.3 Å². The molecule has 0 aliphatic carbocycles. The Morgan fingerprint density at radius 2 is 1.72 bits per heavy atom. The molecule has 2 saturated heterocycles. The molecule has 2 aliphatic rings. The number of amides is 1. The minimum atomic E-state index is 0. The summed E-state index contributed by atoms with van der Waals surface area (Å²) in [6.45, 7) is 10.4. The average molecular weight is 514 g/mol. The molecule has 2 heterocycles. The summed E-state index contributed by atoms with van der Waals surface area (Å²) in [7, 11) is 0. The number of aryl methyl sites for hydroxylation is 1. The van der Waals surface area contributed by atoms with E-state index in [1.165, 1.54) is 11.1 Å². The van der Waals surface area contributed by atoms with Gasteiger partial charge in [0, 0.05) is 38.6 Å². The largest absolute Gasteiger partial charge is 0.378 e. The fourth-order valence-corrected chi connectivity index (χ4v) is 4.02. The number of guanidine groups is 1. The fraction of sp³-hybridized carbons (Fsp3) is 0.636. The number of ether oxygens (including phenoxy) is 1. The normalized spacial score (nSPS) is 18.3. The van der Waals surface area contributed by atoms with Gasteiger partial charge in [-0.1, -0.05) is 31.2 Å². The Bertz CT molecular complexity index is 669. The van der Waals surface area contributed by atoms with Crippen LogP contribution < -0.4 is 5.32 Å². The van der Waals surface area contributed by atoms with Crippen LogP contribution in [0.1, 0.15) is 37.8 Å². The van der Waals surface area contributed by atoms with Crippen molar-refractivity contribution < 1.29 is 9.53 Å². The molecule has 0 spiro atoms. The molecule has 1 amide bonds. The highest BCUT2D eigenvalue weighted by molar-refractivity contribution is 14.0. The van der Waals surface area contributed by atoms with Crippen molar-refractivity contribution in [3.8, 4) is 0 Å². The first-order chi connectivity index (χ1) is 13.7. The Morgan fingerprint density at radius 3 is 2.34 bits per heavy atom. The predicted molar refractivity (Wildman–Crippen MR) is 128 cm³/mol.